The lowest BCUT2D eigenvalue weighted by molar-refractivity contribution is -0.134. The standard InChI is InChI=1S/C26H31ClFNO5S/c1-3-5-12-26(13-6-4-2)17-29(19-10-8-7-9-11-19)22-14-20(27)23(34-16-21(28)25(30)31)15-24(22)35(32,33)18-26/h7-11,14-16H,3-6,12-13,17-18H2,1-2H3,(H,30,31). The van der Waals surface area contributed by atoms with Gasteiger partial charge in [-0.2, -0.15) is 4.39 Å². The van der Waals surface area contributed by atoms with Crippen LogP contribution in [0.25, 0.3) is 0 Å². The summed E-state index contributed by atoms with van der Waals surface area (Å²) in [5.41, 5.74) is 0.790. The number of para-hydroxylation sites is 1. The average Bonchev–Trinajstić information content (AvgIpc) is 2.92. The molecule has 35 heavy (non-hydrogen) atoms. The molecule has 0 saturated heterocycles. The molecule has 9 heteroatoms. The number of hydrogen-bond donors (Lipinski definition) is 1. The Morgan fingerprint density at radius 2 is 1.80 bits per heavy atom. The highest BCUT2D eigenvalue weighted by Gasteiger charge is 2.42. The Balaban J connectivity index is 2.20. The summed E-state index contributed by atoms with van der Waals surface area (Å²) in [5, 5.41) is 8.79. The third-order valence-electron chi connectivity index (χ3n) is 6.31. The zero-order valence-electron chi connectivity index (χ0n) is 20.0. The quantitative estimate of drug-likeness (QED) is 0.269. The largest absolute Gasteiger partial charge is 0.476 e. The molecule has 190 valence electrons. The van der Waals surface area contributed by atoms with Crippen LogP contribution in [-0.2, 0) is 14.6 Å². The van der Waals surface area contributed by atoms with E-state index >= 15 is 0 Å². The molecular weight excluding hydrogens is 493 g/mol. The molecule has 1 heterocycles. The van der Waals surface area contributed by atoms with Crippen LogP contribution in [0, 0.1) is 5.41 Å². The van der Waals surface area contributed by atoms with Crippen molar-refractivity contribution in [2.75, 3.05) is 17.2 Å². The minimum Gasteiger partial charge on any atom is -0.476 e. The van der Waals surface area contributed by atoms with E-state index in [0.717, 1.165) is 44.2 Å². The number of rotatable bonds is 10. The van der Waals surface area contributed by atoms with Crippen LogP contribution in [-0.4, -0.2) is 31.8 Å². The van der Waals surface area contributed by atoms with Crippen LogP contribution >= 0.6 is 11.6 Å². The van der Waals surface area contributed by atoms with Gasteiger partial charge in [0.25, 0.3) is 0 Å². The number of halogens is 2. The second-order valence-corrected chi connectivity index (χ2v) is 11.4. The maximum absolute atomic E-state index is 13.8. The van der Waals surface area contributed by atoms with E-state index in [0.29, 0.717) is 18.5 Å². The Hall–Kier alpha value is -2.58. The molecule has 1 aliphatic rings. The fourth-order valence-electron chi connectivity index (χ4n) is 4.56. The number of fused-ring (bicyclic) bond motifs is 1. The van der Waals surface area contributed by atoms with E-state index in [1.807, 2.05) is 35.2 Å². The zero-order valence-corrected chi connectivity index (χ0v) is 21.5. The predicted molar refractivity (Wildman–Crippen MR) is 136 cm³/mol. The van der Waals surface area contributed by atoms with E-state index in [1.54, 1.807) is 0 Å². The molecule has 3 rings (SSSR count). The summed E-state index contributed by atoms with van der Waals surface area (Å²) in [6.45, 7) is 4.69. The summed E-state index contributed by atoms with van der Waals surface area (Å²) in [6.07, 6.45) is 5.67. The van der Waals surface area contributed by atoms with Gasteiger partial charge >= 0.3 is 5.97 Å². The first kappa shape index (κ1) is 27.0. The van der Waals surface area contributed by atoms with Crippen molar-refractivity contribution >= 4 is 38.8 Å². The molecule has 0 aromatic heterocycles. The monoisotopic (exact) mass is 523 g/mol. The molecular formula is C26H31ClFNO5S. The first-order chi connectivity index (χ1) is 16.6. The van der Waals surface area contributed by atoms with Gasteiger partial charge < -0.3 is 14.7 Å². The van der Waals surface area contributed by atoms with Gasteiger partial charge in [0, 0.05) is 23.7 Å². The molecule has 0 atom stereocenters. The van der Waals surface area contributed by atoms with Crippen molar-refractivity contribution in [1.82, 2.24) is 0 Å². The van der Waals surface area contributed by atoms with Gasteiger partial charge in [-0.05, 0) is 31.0 Å². The summed E-state index contributed by atoms with van der Waals surface area (Å²) < 4.78 is 46.3. The Labute approximate surface area is 211 Å². The number of hydrogen-bond acceptors (Lipinski definition) is 5. The van der Waals surface area contributed by atoms with Crippen LogP contribution in [0.5, 0.6) is 5.75 Å². The highest BCUT2D eigenvalue weighted by atomic mass is 35.5. The van der Waals surface area contributed by atoms with E-state index in [1.165, 1.54) is 12.1 Å². The maximum atomic E-state index is 13.8. The number of nitrogens with zero attached hydrogens (tertiary/aromatic N) is 1. The zero-order chi connectivity index (χ0) is 25.6. The first-order valence-electron chi connectivity index (χ1n) is 11.8. The van der Waals surface area contributed by atoms with Gasteiger partial charge in [-0.1, -0.05) is 69.3 Å². The third kappa shape index (κ3) is 6.35. The predicted octanol–water partition coefficient (Wildman–Crippen LogP) is 6.91. The van der Waals surface area contributed by atoms with Gasteiger partial charge in [0.15, 0.2) is 9.84 Å². The van der Waals surface area contributed by atoms with Crippen molar-refractivity contribution in [2.24, 2.45) is 5.41 Å². The maximum Gasteiger partial charge on any atom is 0.368 e. The fourth-order valence-corrected chi connectivity index (χ4v) is 6.88. The lowest BCUT2D eigenvalue weighted by Crippen LogP contribution is -2.38. The highest BCUT2D eigenvalue weighted by Crippen LogP contribution is 2.47. The molecule has 1 N–H and O–H groups in total. The van der Waals surface area contributed by atoms with Crippen LogP contribution < -0.4 is 9.64 Å². The van der Waals surface area contributed by atoms with E-state index < -0.39 is 27.0 Å². The Morgan fingerprint density at radius 3 is 2.37 bits per heavy atom. The number of carboxylic acid groups (broad SMARTS) is 1. The third-order valence-corrected chi connectivity index (χ3v) is 8.60. The summed E-state index contributed by atoms with van der Waals surface area (Å²) in [7, 11) is -3.79. The number of aliphatic carboxylic acids is 1. The summed E-state index contributed by atoms with van der Waals surface area (Å²) in [4.78, 5) is 12.8. The molecule has 0 aliphatic carbocycles. The Morgan fingerprint density at radius 1 is 1.17 bits per heavy atom. The lowest BCUT2D eigenvalue weighted by atomic mass is 9.79. The Bertz CT molecular complexity index is 1180. The minimum atomic E-state index is -3.79. The van der Waals surface area contributed by atoms with Crippen molar-refractivity contribution in [3.05, 3.63) is 59.6 Å². The molecule has 0 fully saturated rings. The molecule has 0 unspecified atom stereocenters. The second-order valence-electron chi connectivity index (χ2n) is 9.03. The van der Waals surface area contributed by atoms with E-state index in [4.69, 9.17) is 21.4 Å². The summed E-state index contributed by atoms with van der Waals surface area (Å²) in [5.74, 6) is -3.48. The topological polar surface area (TPSA) is 83.9 Å². The number of unbranched alkanes of at least 4 members (excludes halogenated alkanes) is 2. The van der Waals surface area contributed by atoms with Crippen molar-refractivity contribution in [1.29, 1.82) is 0 Å². The van der Waals surface area contributed by atoms with Crippen LogP contribution in [0.2, 0.25) is 5.02 Å². The minimum absolute atomic E-state index is 0.0276. The van der Waals surface area contributed by atoms with Gasteiger partial charge in [0.05, 0.1) is 21.4 Å². The van der Waals surface area contributed by atoms with E-state index in [9.17, 15) is 17.6 Å². The van der Waals surface area contributed by atoms with Gasteiger partial charge in [-0.25, -0.2) is 13.2 Å². The molecule has 0 spiro atoms. The van der Waals surface area contributed by atoms with Crippen LogP contribution in [0.4, 0.5) is 15.8 Å². The number of sulfone groups is 1. The number of anilines is 2. The van der Waals surface area contributed by atoms with Gasteiger partial charge in [0.2, 0.25) is 5.83 Å². The molecule has 2 aromatic rings. The van der Waals surface area contributed by atoms with Crippen LogP contribution in [0.1, 0.15) is 52.4 Å². The Kier molecular flexibility index (Phi) is 8.83. The molecule has 6 nitrogen and oxygen atoms in total. The van der Waals surface area contributed by atoms with Crippen molar-refractivity contribution in [3.63, 3.8) is 0 Å². The molecule has 2 aromatic carbocycles. The van der Waals surface area contributed by atoms with Gasteiger partial charge in [-0.3, -0.25) is 0 Å². The highest BCUT2D eigenvalue weighted by molar-refractivity contribution is 7.91. The van der Waals surface area contributed by atoms with Crippen molar-refractivity contribution < 1.29 is 27.4 Å². The normalized spacial score (nSPS) is 16.9. The van der Waals surface area contributed by atoms with E-state index in [2.05, 4.69) is 13.8 Å². The molecule has 0 amide bonds. The second kappa shape index (κ2) is 11.4. The molecule has 0 radical (unpaired) electrons. The number of ether oxygens (including phenoxy) is 1. The first-order valence-corrected chi connectivity index (χ1v) is 13.8. The molecule has 0 bridgehead atoms. The molecule has 0 saturated carbocycles. The summed E-state index contributed by atoms with van der Waals surface area (Å²) >= 11 is 6.42. The van der Waals surface area contributed by atoms with Gasteiger partial charge in [0.1, 0.15) is 12.0 Å². The smallest absolute Gasteiger partial charge is 0.368 e. The lowest BCUT2D eigenvalue weighted by Gasteiger charge is -2.37. The molecule has 1 aliphatic heterocycles. The van der Waals surface area contributed by atoms with Crippen molar-refractivity contribution in [3.8, 4) is 5.75 Å². The number of benzene rings is 2. The van der Waals surface area contributed by atoms with Crippen LogP contribution in [0.15, 0.2) is 59.4 Å². The SMILES string of the molecule is CCCCC1(CCCC)CN(c2ccccc2)c2cc(Cl)c(OC=C(F)C(=O)O)cc2S(=O)(=O)C1. The van der Waals surface area contributed by atoms with Crippen molar-refractivity contribution in [2.45, 2.75) is 57.3 Å². The van der Waals surface area contributed by atoms with Gasteiger partial charge in [-0.15, -0.1) is 0 Å². The number of carbonyl (C=O) groups is 1. The fraction of sp³-hybridized carbons (Fsp3) is 0.423. The van der Waals surface area contributed by atoms with Crippen LogP contribution in [0.3, 0.4) is 0 Å². The van der Waals surface area contributed by atoms with E-state index in [-0.39, 0.29) is 21.4 Å². The summed E-state index contributed by atoms with van der Waals surface area (Å²) in [6, 6.07) is 12.3. The number of carboxylic acids is 1. The average molecular weight is 524 g/mol.